The number of aromatic amines is 1. The summed E-state index contributed by atoms with van der Waals surface area (Å²) in [5.74, 6) is 0.979. The zero-order valence-electron chi connectivity index (χ0n) is 12.8. The summed E-state index contributed by atoms with van der Waals surface area (Å²) in [6, 6.07) is 10.1. The molecule has 3 aromatic rings. The van der Waals surface area contributed by atoms with Crippen LogP contribution in [0, 0.1) is 0 Å². The molecule has 22 heavy (non-hydrogen) atoms. The molecule has 1 N–H and O–H groups in total. The molecule has 3 rings (SSSR count). The van der Waals surface area contributed by atoms with Crippen LogP contribution in [0.25, 0.3) is 11.2 Å². The first kappa shape index (κ1) is 14.3. The fourth-order valence-electron chi connectivity index (χ4n) is 2.66. The van der Waals surface area contributed by atoms with Crippen molar-refractivity contribution >= 4 is 11.2 Å². The van der Waals surface area contributed by atoms with Crippen molar-refractivity contribution in [3.63, 3.8) is 0 Å². The first-order chi connectivity index (χ1) is 10.5. The predicted molar refractivity (Wildman–Crippen MR) is 85.1 cm³/mol. The van der Waals surface area contributed by atoms with E-state index in [0.29, 0.717) is 23.4 Å². The Labute approximate surface area is 127 Å². The molecule has 1 atom stereocenters. The molecule has 0 amide bonds. The highest BCUT2D eigenvalue weighted by atomic mass is 16.2. The van der Waals surface area contributed by atoms with Gasteiger partial charge in [-0.3, -0.25) is 13.9 Å². The summed E-state index contributed by atoms with van der Waals surface area (Å²) >= 11 is 0. The minimum Gasteiger partial charge on any atom is -0.336 e. The van der Waals surface area contributed by atoms with Gasteiger partial charge in [0.05, 0.1) is 0 Å². The van der Waals surface area contributed by atoms with Crippen LogP contribution >= 0.6 is 0 Å². The second-order valence-electron chi connectivity index (χ2n) is 5.60. The van der Waals surface area contributed by atoms with Crippen LogP contribution in [0.15, 0.2) is 39.9 Å². The maximum atomic E-state index is 12.1. The molecule has 1 unspecified atom stereocenters. The van der Waals surface area contributed by atoms with Gasteiger partial charge in [0, 0.05) is 20.5 Å². The second-order valence-corrected chi connectivity index (χ2v) is 5.60. The number of benzene rings is 1. The van der Waals surface area contributed by atoms with E-state index in [1.54, 1.807) is 7.05 Å². The van der Waals surface area contributed by atoms with Gasteiger partial charge in [0.15, 0.2) is 5.65 Å². The van der Waals surface area contributed by atoms with E-state index in [1.165, 1.54) is 17.2 Å². The van der Waals surface area contributed by atoms with Gasteiger partial charge in [-0.15, -0.1) is 0 Å². The van der Waals surface area contributed by atoms with Gasteiger partial charge >= 0.3 is 5.69 Å². The van der Waals surface area contributed by atoms with E-state index in [9.17, 15) is 9.59 Å². The minimum atomic E-state index is -0.369. The number of H-pyrrole nitrogens is 1. The van der Waals surface area contributed by atoms with E-state index < -0.39 is 0 Å². The Morgan fingerprint density at radius 1 is 1.14 bits per heavy atom. The van der Waals surface area contributed by atoms with Crippen molar-refractivity contribution in [2.75, 3.05) is 0 Å². The lowest BCUT2D eigenvalue weighted by Crippen LogP contribution is -2.36. The number of nitrogens with zero attached hydrogens (tertiary/aromatic N) is 3. The summed E-state index contributed by atoms with van der Waals surface area (Å²) in [6.07, 6.45) is 0.677. The highest BCUT2D eigenvalue weighted by Gasteiger charge is 2.15. The van der Waals surface area contributed by atoms with E-state index in [0.717, 1.165) is 4.57 Å². The molecule has 1 aromatic carbocycles. The molecule has 2 heterocycles. The van der Waals surface area contributed by atoms with Crippen molar-refractivity contribution < 1.29 is 0 Å². The molecule has 0 bridgehead atoms. The molecule has 6 heteroatoms. The summed E-state index contributed by atoms with van der Waals surface area (Å²) < 4.78 is 2.48. The van der Waals surface area contributed by atoms with Crippen LogP contribution < -0.4 is 11.2 Å². The maximum Gasteiger partial charge on any atom is 0.332 e. The monoisotopic (exact) mass is 298 g/mol. The number of fused-ring (bicyclic) bond motifs is 1. The number of aromatic nitrogens is 4. The van der Waals surface area contributed by atoms with Gasteiger partial charge in [0.1, 0.15) is 11.3 Å². The van der Waals surface area contributed by atoms with Crippen LogP contribution in [0.4, 0.5) is 0 Å². The normalized spacial score (nSPS) is 12.7. The van der Waals surface area contributed by atoms with Crippen LogP contribution in [0.5, 0.6) is 0 Å². The highest BCUT2D eigenvalue weighted by Crippen LogP contribution is 2.19. The first-order valence-corrected chi connectivity index (χ1v) is 7.18. The van der Waals surface area contributed by atoms with E-state index in [2.05, 4.69) is 29.0 Å². The largest absolute Gasteiger partial charge is 0.336 e. The third kappa shape index (κ3) is 2.26. The SMILES string of the molecule is CC(Cc1nc2c([nH]1)c(=O)n(C)c(=O)n2C)c1ccccc1. The van der Waals surface area contributed by atoms with Gasteiger partial charge in [0.25, 0.3) is 5.56 Å². The molecular formula is C16H18N4O2. The molecular weight excluding hydrogens is 280 g/mol. The number of rotatable bonds is 3. The molecule has 0 radical (unpaired) electrons. The summed E-state index contributed by atoms with van der Waals surface area (Å²) in [4.78, 5) is 31.6. The van der Waals surface area contributed by atoms with E-state index in [4.69, 9.17) is 0 Å². The Balaban J connectivity index is 2.03. The Hall–Kier alpha value is -2.63. The van der Waals surface area contributed by atoms with Crippen molar-refractivity contribution in [2.24, 2.45) is 14.1 Å². The van der Waals surface area contributed by atoms with Gasteiger partial charge in [-0.1, -0.05) is 37.3 Å². The zero-order chi connectivity index (χ0) is 15.9. The van der Waals surface area contributed by atoms with Crippen molar-refractivity contribution in [2.45, 2.75) is 19.3 Å². The fraction of sp³-hybridized carbons (Fsp3) is 0.312. The summed E-state index contributed by atoms with van der Waals surface area (Å²) in [5, 5.41) is 0. The van der Waals surface area contributed by atoms with Gasteiger partial charge in [-0.05, 0) is 11.5 Å². The molecule has 6 nitrogen and oxygen atoms in total. The summed E-state index contributed by atoms with van der Waals surface area (Å²) in [5.41, 5.74) is 1.28. The lowest BCUT2D eigenvalue weighted by molar-refractivity contribution is 0.707. The Morgan fingerprint density at radius 2 is 1.82 bits per heavy atom. The van der Waals surface area contributed by atoms with Crippen molar-refractivity contribution in [3.05, 3.63) is 62.6 Å². The number of hydrogen-bond acceptors (Lipinski definition) is 3. The average Bonchev–Trinajstić information content (AvgIpc) is 2.95. The fourth-order valence-corrected chi connectivity index (χ4v) is 2.66. The van der Waals surface area contributed by atoms with Crippen LogP contribution in [-0.2, 0) is 20.5 Å². The van der Waals surface area contributed by atoms with Crippen molar-refractivity contribution in [1.29, 1.82) is 0 Å². The van der Waals surface area contributed by atoms with Gasteiger partial charge in [-0.2, -0.15) is 0 Å². The molecule has 0 aliphatic carbocycles. The number of nitrogens with one attached hydrogen (secondary N) is 1. The third-order valence-corrected chi connectivity index (χ3v) is 4.01. The van der Waals surface area contributed by atoms with Crippen molar-refractivity contribution in [1.82, 2.24) is 19.1 Å². The van der Waals surface area contributed by atoms with Gasteiger partial charge < -0.3 is 4.98 Å². The van der Waals surface area contributed by atoms with Crippen molar-refractivity contribution in [3.8, 4) is 0 Å². The quantitative estimate of drug-likeness (QED) is 0.792. The lowest BCUT2D eigenvalue weighted by atomic mass is 9.98. The first-order valence-electron chi connectivity index (χ1n) is 7.18. The molecule has 0 saturated carbocycles. The lowest BCUT2D eigenvalue weighted by Gasteiger charge is -2.09. The minimum absolute atomic E-state index is 0.266. The molecule has 0 saturated heterocycles. The summed E-state index contributed by atoms with van der Waals surface area (Å²) in [6.45, 7) is 2.11. The molecule has 0 fully saturated rings. The van der Waals surface area contributed by atoms with Crippen LogP contribution in [0.3, 0.4) is 0 Å². The molecule has 114 valence electrons. The van der Waals surface area contributed by atoms with E-state index in [1.807, 2.05) is 18.2 Å². The Bertz CT molecular complexity index is 934. The van der Waals surface area contributed by atoms with Crippen LogP contribution in [0.1, 0.15) is 24.2 Å². The Morgan fingerprint density at radius 3 is 2.50 bits per heavy atom. The molecule has 2 aromatic heterocycles. The number of hydrogen-bond donors (Lipinski definition) is 1. The smallest absolute Gasteiger partial charge is 0.332 e. The van der Waals surface area contributed by atoms with E-state index >= 15 is 0 Å². The van der Waals surface area contributed by atoms with Gasteiger partial charge in [-0.25, -0.2) is 9.78 Å². The van der Waals surface area contributed by atoms with Crippen LogP contribution in [-0.4, -0.2) is 19.1 Å². The maximum absolute atomic E-state index is 12.1. The number of aryl methyl sites for hydroxylation is 1. The molecule has 0 aliphatic rings. The zero-order valence-corrected chi connectivity index (χ0v) is 12.8. The summed E-state index contributed by atoms with van der Waals surface area (Å²) in [7, 11) is 3.09. The second kappa shape index (κ2) is 5.29. The molecule has 0 spiro atoms. The standard InChI is InChI=1S/C16H18N4O2/c1-10(11-7-5-4-6-8-11)9-12-17-13-14(18-12)19(2)16(22)20(3)15(13)21/h4-8,10H,9H2,1-3H3,(H,17,18). The highest BCUT2D eigenvalue weighted by molar-refractivity contribution is 5.69. The molecule has 0 aliphatic heterocycles. The van der Waals surface area contributed by atoms with E-state index in [-0.39, 0.29) is 17.2 Å². The van der Waals surface area contributed by atoms with Crippen LogP contribution in [0.2, 0.25) is 0 Å². The Kier molecular flexibility index (Phi) is 3.44. The average molecular weight is 298 g/mol. The van der Waals surface area contributed by atoms with Gasteiger partial charge in [0.2, 0.25) is 0 Å². The third-order valence-electron chi connectivity index (χ3n) is 4.01. The predicted octanol–water partition coefficient (Wildman–Crippen LogP) is 1.31. The number of imidazole rings is 1. The topological polar surface area (TPSA) is 72.7 Å².